The maximum atomic E-state index is 10.6. The van der Waals surface area contributed by atoms with Gasteiger partial charge in [0.2, 0.25) is 0 Å². The number of fused-ring (bicyclic) bond motifs is 1. The van der Waals surface area contributed by atoms with Gasteiger partial charge in [-0.1, -0.05) is 6.07 Å². The molecule has 0 saturated heterocycles. The minimum Gasteiger partial charge on any atom is -0.286 e. The normalized spacial score (nSPS) is 15.8. The van der Waals surface area contributed by atoms with Crippen LogP contribution in [0.5, 0.6) is 0 Å². The number of hydrogen-bond donors (Lipinski definition) is 1. The van der Waals surface area contributed by atoms with Crippen molar-refractivity contribution in [3.05, 3.63) is 39.4 Å². The van der Waals surface area contributed by atoms with Gasteiger partial charge in [-0.05, 0) is 25.8 Å². The van der Waals surface area contributed by atoms with E-state index in [1.807, 2.05) is 19.9 Å². The fourth-order valence-electron chi connectivity index (χ4n) is 1.73. The van der Waals surface area contributed by atoms with Crippen molar-refractivity contribution in [3.8, 4) is 0 Å². The SMILES string of the molecule is CC1(C)Cc2ccc([N+](=O)[O-])cc2C=N1.CS(=O)(=O)O. The lowest BCUT2D eigenvalue weighted by molar-refractivity contribution is -0.384. The van der Waals surface area contributed by atoms with Crippen LogP contribution < -0.4 is 0 Å². The van der Waals surface area contributed by atoms with Crippen molar-refractivity contribution in [1.82, 2.24) is 0 Å². The summed E-state index contributed by atoms with van der Waals surface area (Å²) in [7, 11) is -3.67. The lowest BCUT2D eigenvalue weighted by Crippen LogP contribution is -2.24. The zero-order valence-corrected chi connectivity index (χ0v) is 12.2. The third-order valence-electron chi connectivity index (χ3n) is 2.52. The van der Waals surface area contributed by atoms with Crippen LogP contribution >= 0.6 is 0 Å². The molecule has 0 fully saturated rings. The van der Waals surface area contributed by atoms with Crippen LogP contribution in [-0.4, -0.2) is 35.9 Å². The molecule has 1 aliphatic heterocycles. The van der Waals surface area contributed by atoms with E-state index >= 15 is 0 Å². The molecule has 0 atom stereocenters. The molecule has 0 amide bonds. The van der Waals surface area contributed by atoms with E-state index in [0.717, 1.165) is 17.5 Å². The first kappa shape index (κ1) is 16.3. The number of nitro benzene ring substituents is 1. The number of nitrogens with zero attached hydrogens (tertiary/aromatic N) is 2. The molecule has 1 N–H and O–H groups in total. The molecule has 0 unspecified atom stereocenters. The van der Waals surface area contributed by atoms with Crippen molar-refractivity contribution < 1.29 is 17.9 Å². The minimum atomic E-state index is -3.67. The molecule has 0 saturated carbocycles. The summed E-state index contributed by atoms with van der Waals surface area (Å²) < 4.78 is 25.9. The predicted molar refractivity (Wildman–Crippen MR) is 75.9 cm³/mol. The van der Waals surface area contributed by atoms with Crippen LogP contribution in [0, 0.1) is 10.1 Å². The number of hydrogen-bond acceptors (Lipinski definition) is 5. The highest BCUT2D eigenvalue weighted by molar-refractivity contribution is 7.85. The van der Waals surface area contributed by atoms with Gasteiger partial charge in [-0.3, -0.25) is 19.7 Å². The van der Waals surface area contributed by atoms with Gasteiger partial charge in [0.05, 0.1) is 16.7 Å². The molecule has 1 aromatic carbocycles. The van der Waals surface area contributed by atoms with Crippen LogP contribution in [-0.2, 0) is 16.5 Å². The van der Waals surface area contributed by atoms with E-state index < -0.39 is 10.1 Å². The highest BCUT2D eigenvalue weighted by atomic mass is 32.2. The summed E-state index contributed by atoms with van der Waals surface area (Å²) in [4.78, 5) is 14.6. The summed E-state index contributed by atoms with van der Waals surface area (Å²) in [6.07, 6.45) is 3.27. The summed E-state index contributed by atoms with van der Waals surface area (Å²) in [5.41, 5.74) is 2.02. The largest absolute Gasteiger partial charge is 0.286 e. The second kappa shape index (κ2) is 5.68. The first-order chi connectivity index (χ1) is 8.98. The van der Waals surface area contributed by atoms with Crippen molar-refractivity contribution in [2.45, 2.75) is 25.8 Å². The zero-order chi connectivity index (χ0) is 15.6. The first-order valence-electron chi connectivity index (χ1n) is 5.73. The van der Waals surface area contributed by atoms with Gasteiger partial charge in [0, 0.05) is 23.9 Å². The number of non-ortho nitro benzene ring substituents is 1. The Kier molecular flexibility index (Phi) is 4.61. The van der Waals surface area contributed by atoms with Gasteiger partial charge >= 0.3 is 0 Å². The van der Waals surface area contributed by atoms with Gasteiger partial charge in [-0.15, -0.1) is 0 Å². The lowest BCUT2D eigenvalue weighted by Gasteiger charge is -2.24. The molecule has 0 radical (unpaired) electrons. The van der Waals surface area contributed by atoms with Crippen molar-refractivity contribution in [2.75, 3.05) is 6.26 Å². The van der Waals surface area contributed by atoms with Crippen LogP contribution in [0.25, 0.3) is 0 Å². The lowest BCUT2D eigenvalue weighted by atomic mass is 9.90. The van der Waals surface area contributed by atoms with Crippen molar-refractivity contribution in [3.63, 3.8) is 0 Å². The standard InChI is InChI=1S/C11H12N2O2.CH4O3S/c1-11(2)6-8-3-4-10(13(14)15)5-9(8)7-12-11;1-5(2,3)4/h3-5,7H,6H2,1-2H3;1H3,(H,2,3,4). The van der Waals surface area contributed by atoms with Crippen LogP contribution in [0.3, 0.4) is 0 Å². The van der Waals surface area contributed by atoms with Crippen LogP contribution in [0.15, 0.2) is 23.2 Å². The van der Waals surface area contributed by atoms with Crippen LogP contribution in [0.1, 0.15) is 25.0 Å². The Labute approximate surface area is 117 Å². The molecule has 0 bridgehead atoms. The average molecular weight is 300 g/mol. The Balaban J connectivity index is 0.000000347. The molecular formula is C12H16N2O5S. The maximum Gasteiger partial charge on any atom is 0.270 e. The highest BCUT2D eigenvalue weighted by Crippen LogP contribution is 2.26. The molecule has 1 aromatic rings. The number of aliphatic imine (C=N–C) groups is 1. The van der Waals surface area contributed by atoms with E-state index in [0.29, 0.717) is 6.26 Å². The summed E-state index contributed by atoms with van der Waals surface area (Å²) >= 11 is 0. The van der Waals surface area contributed by atoms with Crippen LogP contribution in [0.4, 0.5) is 5.69 Å². The molecule has 0 aromatic heterocycles. The van der Waals surface area contributed by atoms with Crippen molar-refractivity contribution in [2.24, 2.45) is 4.99 Å². The predicted octanol–water partition coefficient (Wildman–Crippen LogP) is 1.85. The Morgan fingerprint density at radius 1 is 1.40 bits per heavy atom. The summed E-state index contributed by atoms with van der Waals surface area (Å²) in [5.74, 6) is 0. The molecule has 1 aliphatic rings. The minimum absolute atomic E-state index is 0.0941. The molecular weight excluding hydrogens is 284 g/mol. The molecule has 7 nitrogen and oxygen atoms in total. The smallest absolute Gasteiger partial charge is 0.270 e. The molecule has 0 aliphatic carbocycles. The Morgan fingerprint density at radius 2 is 1.95 bits per heavy atom. The average Bonchev–Trinajstić information content (AvgIpc) is 2.24. The summed E-state index contributed by atoms with van der Waals surface area (Å²) in [6, 6.07) is 4.95. The van der Waals surface area contributed by atoms with E-state index in [9.17, 15) is 18.5 Å². The van der Waals surface area contributed by atoms with Crippen LogP contribution in [0.2, 0.25) is 0 Å². The third-order valence-corrected chi connectivity index (χ3v) is 2.52. The van der Waals surface area contributed by atoms with E-state index in [1.54, 1.807) is 18.3 Å². The fourth-order valence-corrected chi connectivity index (χ4v) is 1.73. The molecule has 110 valence electrons. The second-order valence-electron chi connectivity index (χ2n) is 5.12. The Morgan fingerprint density at radius 3 is 2.45 bits per heavy atom. The monoisotopic (exact) mass is 300 g/mol. The number of nitro groups is 1. The van der Waals surface area contributed by atoms with Gasteiger partial charge in [0.25, 0.3) is 15.8 Å². The quantitative estimate of drug-likeness (QED) is 0.483. The Hall–Kier alpha value is -1.80. The summed E-state index contributed by atoms with van der Waals surface area (Å²) in [5, 5.41) is 10.6. The van der Waals surface area contributed by atoms with Gasteiger partial charge in [-0.2, -0.15) is 8.42 Å². The zero-order valence-electron chi connectivity index (χ0n) is 11.4. The van der Waals surface area contributed by atoms with E-state index in [2.05, 4.69) is 4.99 Å². The van der Waals surface area contributed by atoms with Gasteiger partial charge in [-0.25, -0.2) is 0 Å². The van der Waals surface area contributed by atoms with E-state index in [1.165, 1.54) is 0 Å². The first-order valence-corrected chi connectivity index (χ1v) is 7.58. The molecule has 2 rings (SSSR count). The fraction of sp³-hybridized carbons (Fsp3) is 0.417. The summed E-state index contributed by atoms with van der Waals surface area (Å²) in [6.45, 7) is 4.10. The maximum absolute atomic E-state index is 10.6. The van der Waals surface area contributed by atoms with E-state index in [-0.39, 0.29) is 16.1 Å². The molecule has 8 heteroatoms. The van der Waals surface area contributed by atoms with Crippen molar-refractivity contribution >= 4 is 22.0 Å². The third kappa shape index (κ3) is 5.45. The van der Waals surface area contributed by atoms with Crippen molar-refractivity contribution in [1.29, 1.82) is 0 Å². The number of benzene rings is 1. The highest BCUT2D eigenvalue weighted by Gasteiger charge is 2.22. The topological polar surface area (TPSA) is 110 Å². The molecule has 20 heavy (non-hydrogen) atoms. The van der Waals surface area contributed by atoms with Gasteiger partial charge in [0.1, 0.15) is 0 Å². The van der Waals surface area contributed by atoms with E-state index in [4.69, 9.17) is 4.55 Å². The van der Waals surface area contributed by atoms with Gasteiger partial charge < -0.3 is 0 Å². The molecule has 1 heterocycles. The molecule has 0 spiro atoms. The van der Waals surface area contributed by atoms with Gasteiger partial charge in [0.15, 0.2) is 0 Å². The Bertz CT molecular complexity index is 642. The second-order valence-corrected chi connectivity index (χ2v) is 6.59. The number of rotatable bonds is 1.